The number of benzene rings is 1. The second kappa shape index (κ2) is 5.44. The fourth-order valence-electron chi connectivity index (χ4n) is 2.03. The van der Waals surface area contributed by atoms with Crippen LogP contribution in [0.4, 0.5) is 10.1 Å². The van der Waals surface area contributed by atoms with Gasteiger partial charge in [0.1, 0.15) is 10.7 Å². The molecule has 19 heavy (non-hydrogen) atoms. The maximum absolute atomic E-state index is 13.2. The van der Waals surface area contributed by atoms with Crippen LogP contribution >= 0.6 is 0 Å². The number of nitrogen functional groups attached to an aromatic ring is 1. The second-order valence-corrected chi connectivity index (χ2v) is 6.35. The number of rotatable bonds is 3. The molecular weight excluding hydrogens is 271 g/mol. The van der Waals surface area contributed by atoms with E-state index in [0.717, 1.165) is 18.6 Å². The van der Waals surface area contributed by atoms with Crippen molar-refractivity contribution in [3.05, 3.63) is 24.0 Å². The number of anilines is 1. The quantitative estimate of drug-likeness (QED) is 0.848. The van der Waals surface area contributed by atoms with Crippen molar-refractivity contribution in [2.45, 2.75) is 24.3 Å². The molecule has 0 bridgehead atoms. The summed E-state index contributed by atoms with van der Waals surface area (Å²) in [5.41, 5.74) is 5.70. The van der Waals surface area contributed by atoms with Gasteiger partial charge < -0.3 is 10.5 Å². The lowest BCUT2D eigenvalue weighted by atomic mass is 10.2. The molecule has 0 amide bonds. The highest BCUT2D eigenvalue weighted by Gasteiger charge is 2.31. The number of nitrogens with zero attached hydrogens (tertiary/aromatic N) is 1. The third-order valence-corrected chi connectivity index (χ3v) is 5.07. The van der Waals surface area contributed by atoms with Gasteiger partial charge in [0.05, 0.1) is 18.4 Å². The monoisotopic (exact) mass is 288 g/mol. The molecule has 1 atom stereocenters. The smallest absolute Gasteiger partial charge is 0.245 e. The number of halogens is 1. The average molecular weight is 288 g/mol. The third kappa shape index (κ3) is 2.88. The van der Waals surface area contributed by atoms with Crippen LogP contribution < -0.4 is 5.73 Å². The van der Waals surface area contributed by atoms with Gasteiger partial charge in [-0.3, -0.25) is 0 Å². The van der Waals surface area contributed by atoms with Gasteiger partial charge in [-0.25, -0.2) is 12.8 Å². The average Bonchev–Trinajstić information content (AvgIpc) is 2.41. The number of hydrogen-bond acceptors (Lipinski definition) is 4. The normalized spacial score (nSPS) is 21.5. The van der Waals surface area contributed by atoms with Gasteiger partial charge in [-0.05, 0) is 24.6 Å². The van der Waals surface area contributed by atoms with Gasteiger partial charge in [0.25, 0.3) is 0 Å². The molecule has 1 aliphatic rings. The Morgan fingerprint density at radius 3 is 2.95 bits per heavy atom. The van der Waals surface area contributed by atoms with Gasteiger partial charge in [-0.2, -0.15) is 4.31 Å². The molecule has 7 heteroatoms. The summed E-state index contributed by atoms with van der Waals surface area (Å²) in [7, 11) is -3.77. The van der Waals surface area contributed by atoms with E-state index in [1.165, 1.54) is 10.4 Å². The highest BCUT2D eigenvalue weighted by Crippen LogP contribution is 2.25. The van der Waals surface area contributed by atoms with Crippen LogP contribution in [0.3, 0.4) is 0 Å². The molecule has 1 saturated heterocycles. The molecule has 2 N–H and O–H groups in total. The van der Waals surface area contributed by atoms with Crippen LogP contribution in [0.15, 0.2) is 23.1 Å². The Bertz CT molecular complexity index is 562. The minimum absolute atomic E-state index is 0.0564. The predicted molar refractivity (Wildman–Crippen MR) is 69.6 cm³/mol. The van der Waals surface area contributed by atoms with Gasteiger partial charge in [-0.1, -0.05) is 6.92 Å². The van der Waals surface area contributed by atoms with Gasteiger partial charge >= 0.3 is 0 Å². The maximum Gasteiger partial charge on any atom is 0.245 e. The Hall–Kier alpha value is -1.18. The van der Waals surface area contributed by atoms with E-state index in [1.807, 2.05) is 6.92 Å². The van der Waals surface area contributed by atoms with Crippen molar-refractivity contribution in [2.24, 2.45) is 0 Å². The van der Waals surface area contributed by atoms with E-state index in [1.54, 1.807) is 0 Å². The first-order valence-electron chi connectivity index (χ1n) is 6.12. The molecule has 106 valence electrons. The summed E-state index contributed by atoms with van der Waals surface area (Å²) < 4.78 is 44.8. The molecular formula is C12H17FN2O3S. The molecule has 1 heterocycles. The first-order valence-corrected chi connectivity index (χ1v) is 7.56. The van der Waals surface area contributed by atoms with Crippen molar-refractivity contribution in [2.75, 3.05) is 25.4 Å². The number of morpholine rings is 1. The molecule has 1 fully saturated rings. The zero-order valence-electron chi connectivity index (χ0n) is 10.7. The Balaban J connectivity index is 2.34. The highest BCUT2D eigenvalue weighted by molar-refractivity contribution is 7.89. The van der Waals surface area contributed by atoms with E-state index < -0.39 is 15.8 Å². The summed E-state index contributed by atoms with van der Waals surface area (Å²) in [6.07, 6.45) is 0.600. The standard InChI is InChI=1S/C12H17FN2O3S/c1-2-10-8-15(5-6-18-10)19(16,17)12-7-9(13)3-4-11(12)14/h3-4,7,10H,2,5-6,8,14H2,1H3. The van der Waals surface area contributed by atoms with E-state index in [-0.39, 0.29) is 29.8 Å². The van der Waals surface area contributed by atoms with E-state index in [0.29, 0.717) is 6.61 Å². The summed E-state index contributed by atoms with van der Waals surface area (Å²) in [6.45, 7) is 2.80. The fraction of sp³-hybridized carbons (Fsp3) is 0.500. The summed E-state index contributed by atoms with van der Waals surface area (Å²) in [5, 5.41) is 0. The molecule has 0 aromatic heterocycles. The van der Waals surface area contributed by atoms with Crippen LogP contribution in [0.1, 0.15) is 13.3 Å². The lowest BCUT2D eigenvalue weighted by molar-refractivity contribution is -0.00277. The minimum atomic E-state index is -3.77. The summed E-state index contributed by atoms with van der Waals surface area (Å²) >= 11 is 0. The van der Waals surface area contributed by atoms with Gasteiger partial charge in [0.15, 0.2) is 0 Å². The largest absolute Gasteiger partial charge is 0.398 e. The first kappa shape index (κ1) is 14.2. The van der Waals surface area contributed by atoms with Crippen LogP contribution in [-0.2, 0) is 14.8 Å². The van der Waals surface area contributed by atoms with Crippen LogP contribution in [0.2, 0.25) is 0 Å². The number of ether oxygens (including phenoxy) is 1. The van der Waals surface area contributed by atoms with Crippen molar-refractivity contribution in [1.29, 1.82) is 0 Å². The molecule has 2 rings (SSSR count). The molecule has 0 spiro atoms. The Morgan fingerprint density at radius 2 is 2.26 bits per heavy atom. The van der Waals surface area contributed by atoms with Gasteiger partial charge in [0.2, 0.25) is 10.0 Å². The third-order valence-electron chi connectivity index (χ3n) is 3.15. The molecule has 5 nitrogen and oxygen atoms in total. The van der Waals surface area contributed by atoms with Crippen molar-refractivity contribution < 1.29 is 17.5 Å². The predicted octanol–water partition coefficient (Wildman–Crippen LogP) is 1.21. The highest BCUT2D eigenvalue weighted by atomic mass is 32.2. The van der Waals surface area contributed by atoms with E-state index in [4.69, 9.17) is 10.5 Å². The van der Waals surface area contributed by atoms with Gasteiger partial charge in [-0.15, -0.1) is 0 Å². The molecule has 1 aromatic rings. The van der Waals surface area contributed by atoms with Crippen LogP contribution in [0.5, 0.6) is 0 Å². The number of nitrogens with two attached hydrogens (primary N) is 1. The van der Waals surface area contributed by atoms with Crippen molar-refractivity contribution in [1.82, 2.24) is 4.31 Å². The van der Waals surface area contributed by atoms with Crippen molar-refractivity contribution in [3.63, 3.8) is 0 Å². The van der Waals surface area contributed by atoms with Crippen LogP contribution in [-0.4, -0.2) is 38.5 Å². The second-order valence-electron chi connectivity index (χ2n) is 4.45. The lowest BCUT2D eigenvalue weighted by Crippen LogP contribution is -2.45. The SMILES string of the molecule is CCC1CN(S(=O)(=O)c2cc(F)ccc2N)CCO1. The Kier molecular flexibility index (Phi) is 4.07. The first-order chi connectivity index (χ1) is 8.95. The van der Waals surface area contributed by atoms with E-state index in [2.05, 4.69) is 0 Å². The van der Waals surface area contributed by atoms with Crippen molar-refractivity contribution >= 4 is 15.7 Å². The fourth-order valence-corrected chi connectivity index (χ4v) is 3.61. The van der Waals surface area contributed by atoms with Crippen LogP contribution in [0.25, 0.3) is 0 Å². The van der Waals surface area contributed by atoms with E-state index >= 15 is 0 Å². The molecule has 1 aliphatic heterocycles. The summed E-state index contributed by atoms with van der Waals surface area (Å²) in [6, 6.07) is 3.36. The van der Waals surface area contributed by atoms with Gasteiger partial charge in [0, 0.05) is 13.1 Å². The zero-order chi connectivity index (χ0) is 14.0. The van der Waals surface area contributed by atoms with Crippen molar-refractivity contribution in [3.8, 4) is 0 Å². The number of hydrogen-bond donors (Lipinski definition) is 1. The summed E-state index contributed by atoms with van der Waals surface area (Å²) in [4.78, 5) is -0.177. The zero-order valence-corrected chi connectivity index (χ0v) is 11.5. The van der Waals surface area contributed by atoms with E-state index in [9.17, 15) is 12.8 Å². The molecule has 0 aliphatic carbocycles. The number of sulfonamides is 1. The minimum Gasteiger partial charge on any atom is -0.398 e. The molecule has 1 unspecified atom stereocenters. The summed E-state index contributed by atoms with van der Waals surface area (Å²) in [5.74, 6) is -0.618. The molecule has 0 radical (unpaired) electrons. The molecule has 0 saturated carbocycles. The Labute approximate surface area is 112 Å². The molecule has 1 aromatic carbocycles. The lowest BCUT2D eigenvalue weighted by Gasteiger charge is -2.31. The maximum atomic E-state index is 13.2. The Morgan fingerprint density at radius 1 is 1.53 bits per heavy atom. The topological polar surface area (TPSA) is 72.6 Å². The van der Waals surface area contributed by atoms with Crippen LogP contribution in [0, 0.1) is 5.82 Å².